The fourth-order valence-corrected chi connectivity index (χ4v) is 5.22. The van der Waals surface area contributed by atoms with Gasteiger partial charge in [0.1, 0.15) is 0 Å². The molecule has 2 aliphatic rings. The zero-order valence-corrected chi connectivity index (χ0v) is 12.2. The minimum Gasteiger partial charge on any atom is -0.317 e. The Balaban J connectivity index is 2.07. The van der Waals surface area contributed by atoms with Crippen LogP contribution in [0.4, 0.5) is 0 Å². The second-order valence-electron chi connectivity index (χ2n) is 5.66. The van der Waals surface area contributed by atoms with Gasteiger partial charge >= 0.3 is 0 Å². The van der Waals surface area contributed by atoms with Gasteiger partial charge in [0.15, 0.2) is 0 Å². The molecule has 0 aromatic carbocycles. The zero-order chi connectivity index (χ0) is 13.2. The van der Waals surface area contributed by atoms with Gasteiger partial charge in [0.25, 0.3) is 0 Å². The fourth-order valence-electron chi connectivity index (χ4n) is 3.03. The second kappa shape index (κ2) is 5.86. The molecule has 0 amide bonds. The molecule has 2 rings (SSSR count). The third-order valence-corrected chi connectivity index (χ3v) is 6.38. The standard InChI is InChI=1S/C12H25N3O2S/c1-14(2)10-11-4-3-9-15(11)18(16,17)12-5-7-13-8-6-12/h11-13H,3-10H2,1-2H3. The summed E-state index contributed by atoms with van der Waals surface area (Å²) in [6, 6.07) is 0.180. The van der Waals surface area contributed by atoms with E-state index in [-0.39, 0.29) is 11.3 Å². The number of hydrogen-bond donors (Lipinski definition) is 1. The number of piperidine rings is 1. The first-order valence-corrected chi connectivity index (χ1v) is 8.38. The second-order valence-corrected chi connectivity index (χ2v) is 7.83. The Bertz CT molecular complexity index is 364. The van der Waals surface area contributed by atoms with Crippen molar-refractivity contribution in [1.82, 2.24) is 14.5 Å². The number of rotatable bonds is 4. The Morgan fingerprint density at radius 3 is 2.50 bits per heavy atom. The highest BCUT2D eigenvalue weighted by Gasteiger charge is 2.39. The smallest absolute Gasteiger partial charge is 0.217 e. The van der Waals surface area contributed by atoms with Crippen LogP contribution in [0.15, 0.2) is 0 Å². The van der Waals surface area contributed by atoms with Crippen molar-refractivity contribution in [2.75, 3.05) is 40.3 Å². The summed E-state index contributed by atoms with van der Waals surface area (Å²) in [6.45, 7) is 3.21. The van der Waals surface area contributed by atoms with Gasteiger partial charge in [-0.3, -0.25) is 0 Å². The third kappa shape index (κ3) is 3.04. The van der Waals surface area contributed by atoms with Gasteiger partial charge in [-0.1, -0.05) is 0 Å². The van der Waals surface area contributed by atoms with Crippen molar-refractivity contribution < 1.29 is 8.42 Å². The van der Waals surface area contributed by atoms with Crippen LogP contribution in [0.25, 0.3) is 0 Å². The van der Waals surface area contributed by atoms with Crippen molar-refractivity contribution in [3.63, 3.8) is 0 Å². The highest BCUT2D eigenvalue weighted by Crippen LogP contribution is 2.27. The minimum atomic E-state index is -3.09. The molecular formula is C12H25N3O2S. The highest BCUT2D eigenvalue weighted by molar-refractivity contribution is 7.89. The summed E-state index contributed by atoms with van der Waals surface area (Å²) in [7, 11) is 0.925. The van der Waals surface area contributed by atoms with E-state index in [1.54, 1.807) is 4.31 Å². The van der Waals surface area contributed by atoms with E-state index in [1.807, 2.05) is 14.1 Å². The molecule has 0 radical (unpaired) electrons. The predicted octanol–water partition coefficient (Wildman–Crippen LogP) is 0.0942. The van der Waals surface area contributed by atoms with Crippen molar-refractivity contribution in [3.05, 3.63) is 0 Å². The van der Waals surface area contributed by atoms with Crippen LogP contribution in [0, 0.1) is 0 Å². The zero-order valence-electron chi connectivity index (χ0n) is 11.4. The molecule has 0 aromatic heterocycles. The van der Waals surface area contributed by atoms with E-state index in [1.165, 1.54) is 0 Å². The lowest BCUT2D eigenvalue weighted by molar-refractivity contribution is 0.287. The van der Waals surface area contributed by atoms with Crippen molar-refractivity contribution in [1.29, 1.82) is 0 Å². The van der Waals surface area contributed by atoms with Crippen LogP contribution in [-0.2, 0) is 10.0 Å². The number of hydrogen-bond acceptors (Lipinski definition) is 4. The van der Waals surface area contributed by atoms with Gasteiger partial charge in [-0.05, 0) is 52.9 Å². The molecule has 2 fully saturated rings. The fraction of sp³-hybridized carbons (Fsp3) is 1.00. The maximum absolute atomic E-state index is 12.7. The molecule has 2 aliphatic heterocycles. The van der Waals surface area contributed by atoms with E-state index in [0.29, 0.717) is 6.54 Å². The van der Waals surface area contributed by atoms with Crippen molar-refractivity contribution in [3.8, 4) is 0 Å². The van der Waals surface area contributed by atoms with Crippen LogP contribution >= 0.6 is 0 Å². The molecule has 5 nitrogen and oxygen atoms in total. The van der Waals surface area contributed by atoms with E-state index in [4.69, 9.17) is 0 Å². The topological polar surface area (TPSA) is 52.7 Å². The molecule has 2 heterocycles. The molecule has 18 heavy (non-hydrogen) atoms. The van der Waals surface area contributed by atoms with E-state index in [0.717, 1.165) is 45.3 Å². The number of nitrogens with zero attached hydrogens (tertiary/aromatic N) is 2. The molecular weight excluding hydrogens is 250 g/mol. The highest BCUT2D eigenvalue weighted by atomic mass is 32.2. The summed E-state index contributed by atoms with van der Waals surface area (Å²) >= 11 is 0. The maximum atomic E-state index is 12.7. The largest absolute Gasteiger partial charge is 0.317 e. The molecule has 1 unspecified atom stereocenters. The summed E-state index contributed by atoms with van der Waals surface area (Å²) in [4.78, 5) is 2.08. The average Bonchev–Trinajstić information content (AvgIpc) is 2.78. The number of nitrogens with one attached hydrogen (secondary N) is 1. The molecule has 2 saturated heterocycles. The molecule has 0 aliphatic carbocycles. The lowest BCUT2D eigenvalue weighted by atomic mass is 10.2. The molecule has 0 spiro atoms. The summed E-state index contributed by atoms with van der Waals surface area (Å²) in [5, 5.41) is 3.06. The van der Waals surface area contributed by atoms with Gasteiger partial charge in [-0.25, -0.2) is 8.42 Å². The molecule has 0 saturated carbocycles. The van der Waals surface area contributed by atoms with E-state index in [9.17, 15) is 8.42 Å². The van der Waals surface area contributed by atoms with Crippen LogP contribution in [0.5, 0.6) is 0 Å². The summed E-state index contributed by atoms with van der Waals surface area (Å²) in [5.41, 5.74) is 0. The Kier molecular flexibility index (Phi) is 4.64. The predicted molar refractivity (Wildman–Crippen MR) is 73.1 cm³/mol. The van der Waals surface area contributed by atoms with Crippen LogP contribution in [0.1, 0.15) is 25.7 Å². The SMILES string of the molecule is CN(C)CC1CCCN1S(=O)(=O)C1CCNCC1. The van der Waals surface area contributed by atoms with Crippen molar-refractivity contribution >= 4 is 10.0 Å². The first kappa shape index (κ1) is 14.2. The molecule has 106 valence electrons. The average molecular weight is 275 g/mol. The summed E-state index contributed by atoms with van der Waals surface area (Å²) in [6.07, 6.45) is 3.52. The number of likely N-dealkylation sites (N-methyl/N-ethyl adjacent to an activating group) is 1. The van der Waals surface area contributed by atoms with Crippen molar-refractivity contribution in [2.24, 2.45) is 0 Å². The van der Waals surface area contributed by atoms with Crippen LogP contribution in [0.2, 0.25) is 0 Å². The molecule has 0 aromatic rings. The first-order valence-electron chi connectivity index (χ1n) is 6.88. The van der Waals surface area contributed by atoms with Gasteiger partial charge in [-0.15, -0.1) is 0 Å². The van der Waals surface area contributed by atoms with Gasteiger partial charge in [0, 0.05) is 19.1 Å². The Morgan fingerprint density at radius 2 is 1.89 bits per heavy atom. The molecule has 6 heteroatoms. The van der Waals surface area contributed by atoms with Crippen molar-refractivity contribution in [2.45, 2.75) is 37.0 Å². The molecule has 1 N–H and O–H groups in total. The summed E-state index contributed by atoms with van der Waals surface area (Å²) < 4.78 is 27.1. The van der Waals surface area contributed by atoms with Crippen LogP contribution in [0.3, 0.4) is 0 Å². The molecule has 0 bridgehead atoms. The normalized spacial score (nSPS) is 28.1. The minimum absolute atomic E-state index is 0.165. The lowest BCUT2D eigenvalue weighted by Gasteiger charge is -2.32. The van der Waals surface area contributed by atoms with Gasteiger partial charge in [0.05, 0.1) is 5.25 Å². The third-order valence-electron chi connectivity index (χ3n) is 3.93. The Hall–Kier alpha value is -0.170. The summed E-state index contributed by atoms with van der Waals surface area (Å²) in [5.74, 6) is 0. The van der Waals surface area contributed by atoms with Crippen LogP contribution in [-0.4, -0.2) is 69.2 Å². The van der Waals surface area contributed by atoms with Gasteiger partial charge in [-0.2, -0.15) is 4.31 Å². The Labute approximate surface area is 111 Å². The first-order chi connectivity index (χ1) is 8.51. The van der Waals surface area contributed by atoms with E-state index in [2.05, 4.69) is 10.2 Å². The monoisotopic (exact) mass is 275 g/mol. The Morgan fingerprint density at radius 1 is 1.22 bits per heavy atom. The molecule has 1 atom stereocenters. The van der Waals surface area contributed by atoms with E-state index >= 15 is 0 Å². The quantitative estimate of drug-likeness (QED) is 0.790. The van der Waals surface area contributed by atoms with Crippen LogP contribution < -0.4 is 5.32 Å². The number of sulfonamides is 1. The lowest BCUT2D eigenvalue weighted by Crippen LogP contribution is -2.48. The maximum Gasteiger partial charge on any atom is 0.217 e. The van der Waals surface area contributed by atoms with E-state index < -0.39 is 10.0 Å². The van der Waals surface area contributed by atoms with Gasteiger partial charge < -0.3 is 10.2 Å². The van der Waals surface area contributed by atoms with Gasteiger partial charge in [0.2, 0.25) is 10.0 Å².